The fourth-order valence-electron chi connectivity index (χ4n) is 3.08. The molecule has 1 aromatic rings. The number of halogens is 1. The molecule has 0 aliphatic carbocycles. The topological polar surface area (TPSA) is 92.5 Å². The van der Waals surface area contributed by atoms with E-state index in [-0.39, 0.29) is 22.4 Å². The molecule has 3 rings (SSSR count). The zero-order valence-electron chi connectivity index (χ0n) is 11.3. The van der Waals surface area contributed by atoms with E-state index in [4.69, 9.17) is 5.73 Å². The van der Waals surface area contributed by atoms with Gasteiger partial charge in [0, 0.05) is 18.8 Å². The summed E-state index contributed by atoms with van der Waals surface area (Å²) in [6.07, 6.45) is 1.28. The molecule has 0 aromatic heterocycles. The fourth-order valence-corrected chi connectivity index (χ4v) is 4.84. The van der Waals surface area contributed by atoms with Gasteiger partial charge in [0.1, 0.15) is 5.82 Å². The highest BCUT2D eigenvalue weighted by Gasteiger charge is 2.45. The van der Waals surface area contributed by atoms with Crippen molar-refractivity contribution in [3.8, 4) is 0 Å². The molecule has 2 atom stereocenters. The quantitative estimate of drug-likeness (QED) is 0.769. The summed E-state index contributed by atoms with van der Waals surface area (Å²) in [5.74, 6) is -1.12. The summed E-state index contributed by atoms with van der Waals surface area (Å²) in [5.41, 5.74) is 5.58. The summed E-state index contributed by atoms with van der Waals surface area (Å²) in [4.78, 5) is 11.5. The first-order chi connectivity index (χ1) is 9.89. The monoisotopic (exact) mass is 313 g/mol. The number of fused-ring (bicyclic) bond motifs is 1. The van der Waals surface area contributed by atoms with Gasteiger partial charge in [-0.15, -0.1) is 0 Å². The van der Waals surface area contributed by atoms with E-state index in [0.717, 1.165) is 12.1 Å². The molecule has 8 heteroatoms. The number of sulfonamides is 1. The van der Waals surface area contributed by atoms with E-state index in [1.807, 2.05) is 0 Å². The molecule has 2 aliphatic heterocycles. The van der Waals surface area contributed by atoms with Crippen LogP contribution in [0.3, 0.4) is 0 Å². The Labute approximate surface area is 122 Å². The Morgan fingerprint density at radius 1 is 1.33 bits per heavy atom. The highest BCUT2D eigenvalue weighted by Crippen LogP contribution is 2.32. The average molecular weight is 313 g/mol. The Morgan fingerprint density at radius 2 is 2.10 bits per heavy atom. The molecule has 6 nitrogen and oxygen atoms in total. The van der Waals surface area contributed by atoms with Gasteiger partial charge in [0.25, 0.3) is 0 Å². The minimum absolute atomic E-state index is 0.0581. The van der Waals surface area contributed by atoms with Crippen LogP contribution in [0.4, 0.5) is 10.1 Å². The van der Waals surface area contributed by atoms with Crippen LogP contribution in [0.5, 0.6) is 0 Å². The van der Waals surface area contributed by atoms with Crippen LogP contribution in [-0.4, -0.2) is 37.8 Å². The van der Waals surface area contributed by atoms with Crippen LogP contribution in [0.15, 0.2) is 23.1 Å². The van der Waals surface area contributed by atoms with Gasteiger partial charge in [0.05, 0.1) is 16.9 Å². The molecule has 0 saturated carbocycles. The number of rotatable bonds is 2. The average Bonchev–Trinajstić information content (AvgIpc) is 2.79. The summed E-state index contributed by atoms with van der Waals surface area (Å²) < 4.78 is 40.1. The SMILES string of the molecule is Nc1cc(F)cc(S(=O)(=O)N2CCCC3C(=O)NCC32)c1. The van der Waals surface area contributed by atoms with Gasteiger partial charge >= 0.3 is 0 Å². The Hall–Kier alpha value is -1.67. The van der Waals surface area contributed by atoms with Crippen LogP contribution in [0, 0.1) is 11.7 Å². The Balaban J connectivity index is 1.99. The molecule has 2 unspecified atom stereocenters. The Morgan fingerprint density at radius 3 is 2.81 bits per heavy atom. The maximum Gasteiger partial charge on any atom is 0.243 e. The lowest BCUT2D eigenvalue weighted by atomic mass is 9.93. The second-order valence-electron chi connectivity index (χ2n) is 5.40. The normalized spacial score (nSPS) is 26.4. The van der Waals surface area contributed by atoms with Crippen molar-refractivity contribution in [2.75, 3.05) is 18.8 Å². The number of nitrogens with one attached hydrogen (secondary N) is 1. The van der Waals surface area contributed by atoms with Gasteiger partial charge in [-0.2, -0.15) is 4.31 Å². The highest BCUT2D eigenvalue weighted by molar-refractivity contribution is 7.89. The zero-order valence-corrected chi connectivity index (χ0v) is 12.1. The third kappa shape index (κ3) is 2.38. The van der Waals surface area contributed by atoms with Crippen molar-refractivity contribution < 1.29 is 17.6 Å². The largest absolute Gasteiger partial charge is 0.399 e. The third-order valence-corrected chi connectivity index (χ3v) is 5.95. The summed E-state index contributed by atoms with van der Waals surface area (Å²) in [5, 5.41) is 2.69. The fraction of sp³-hybridized carbons (Fsp3) is 0.462. The third-order valence-electron chi connectivity index (χ3n) is 4.05. The van der Waals surface area contributed by atoms with E-state index in [1.54, 1.807) is 0 Å². The molecule has 2 heterocycles. The molecular formula is C13H16FN3O3S. The molecule has 2 saturated heterocycles. The molecule has 1 aromatic carbocycles. The van der Waals surface area contributed by atoms with Crippen molar-refractivity contribution in [3.05, 3.63) is 24.0 Å². The zero-order chi connectivity index (χ0) is 15.2. The number of nitrogens with zero attached hydrogens (tertiary/aromatic N) is 1. The van der Waals surface area contributed by atoms with Crippen molar-refractivity contribution in [1.29, 1.82) is 0 Å². The van der Waals surface area contributed by atoms with Crippen molar-refractivity contribution >= 4 is 21.6 Å². The first-order valence-electron chi connectivity index (χ1n) is 6.75. The van der Waals surface area contributed by atoms with Crippen molar-refractivity contribution in [2.45, 2.75) is 23.8 Å². The summed E-state index contributed by atoms with van der Waals surface area (Å²) in [6, 6.07) is 2.87. The molecule has 114 valence electrons. The number of hydrogen-bond donors (Lipinski definition) is 2. The molecule has 1 amide bonds. The number of piperidine rings is 1. The molecule has 3 N–H and O–H groups in total. The van der Waals surface area contributed by atoms with Gasteiger partial charge in [0.2, 0.25) is 15.9 Å². The summed E-state index contributed by atoms with van der Waals surface area (Å²) in [7, 11) is -3.86. The second-order valence-corrected chi connectivity index (χ2v) is 7.29. The number of hydrogen-bond acceptors (Lipinski definition) is 4. The maximum absolute atomic E-state index is 13.4. The molecule has 2 aliphatic rings. The van der Waals surface area contributed by atoms with E-state index in [1.165, 1.54) is 10.4 Å². The number of carbonyl (C=O) groups is 1. The lowest BCUT2D eigenvalue weighted by Crippen LogP contribution is -2.48. The number of amides is 1. The highest BCUT2D eigenvalue weighted by atomic mass is 32.2. The lowest BCUT2D eigenvalue weighted by Gasteiger charge is -2.34. The van der Waals surface area contributed by atoms with Crippen molar-refractivity contribution in [2.24, 2.45) is 5.92 Å². The molecule has 0 bridgehead atoms. The van der Waals surface area contributed by atoms with Crippen LogP contribution in [0.25, 0.3) is 0 Å². The Kier molecular flexibility index (Phi) is 3.37. The van der Waals surface area contributed by atoms with Crippen molar-refractivity contribution in [3.63, 3.8) is 0 Å². The molecule has 0 radical (unpaired) electrons. The van der Waals surface area contributed by atoms with Gasteiger partial charge in [-0.05, 0) is 31.0 Å². The van der Waals surface area contributed by atoms with Crippen LogP contribution in [0.2, 0.25) is 0 Å². The van der Waals surface area contributed by atoms with Gasteiger partial charge in [-0.1, -0.05) is 0 Å². The number of carbonyl (C=O) groups excluding carboxylic acids is 1. The molecule has 2 fully saturated rings. The van der Waals surface area contributed by atoms with Crippen LogP contribution >= 0.6 is 0 Å². The van der Waals surface area contributed by atoms with E-state index < -0.39 is 21.9 Å². The Bertz CT molecular complexity index is 672. The van der Waals surface area contributed by atoms with Crippen LogP contribution in [0.1, 0.15) is 12.8 Å². The number of anilines is 1. The summed E-state index contributed by atoms with van der Waals surface area (Å²) >= 11 is 0. The van der Waals surface area contributed by atoms with Gasteiger partial charge in [-0.3, -0.25) is 4.79 Å². The molecule has 21 heavy (non-hydrogen) atoms. The predicted molar refractivity (Wildman–Crippen MR) is 74.2 cm³/mol. The number of benzene rings is 1. The number of nitrogen functional groups attached to an aromatic ring is 1. The van der Waals surface area contributed by atoms with Gasteiger partial charge in [0.15, 0.2) is 0 Å². The minimum Gasteiger partial charge on any atom is -0.399 e. The van der Waals surface area contributed by atoms with Crippen LogP contribution in [-0.2, 0) is 14.8 Å². The van der Waals surface area contributed by atoms with Gasteiger partial charge < -0.3 is 11.1 Å². The van der Waals surface area contributed by atoms with Crippen molar-refractivity contribution in [1.82, 2.24) is 9.62 Å². The lowest BCUT2D eigenvalue weighted by molar-refractivity contribution is -0.123. The van der Waals surface area contributed by atoms with Gasteiger partial charge in [-0.25, -0.2) is 12.8 Å². The predicted octanol–water partition coefficient (Wildman–Crippen LogP) is 0.307. The van der Waals surface area contributed by atoms with E-state index in [9.17, 15) is 17.6 Å². The van der Waals surface area contributed by atoms with Crippen LogP contribution < -0.4 is 11.1 Å². The van der Waals surface area contributed by atoms with E-state index in [0.29, 0.717) is 25.9 Å². The first-order valence-corrected chi connectivity index (χ1v) is 8.19. The maximum atomic E-state index is 13.4. The summed E-state index contributed by atoms with van der Waals surface area (Å²) in [6.45, 7) is 0.627. The standard InChI is InChI=1S/C13H16FN3O3S/c14-8-4-9(15)6-10(5-8)21(19,20)17-3-1-2-11-12(17)7-16-13(11)18/h4-6,11-12H,1-3,7,15H2,(H,16,18). The second kappa shape index (κ2) is 4.96. The van der Waals surface area contributed by atoms with E-state index >= 15 is 0 Å². The molecule has 0 spiro atoms. The minimum atomic E-state index is -3.86. The van der Waals surface area contributed by atoms with E-state index in [2.05, 4.69) is 5.32 Å². The molecular weight excluding hydrogens is 297 g/mol. The number of nitrogens with two attached hydrogens (primary N) is 1. The first kappa shape index (κ1) is 14.3. The smallest absolute Gasteiger partial charge is 0.243 e.